The van der Waals surface area contributed by atoms with Crippen molar-refractivity contribution < 1.29 is 9.59 Å². The maximum Gasteiger partial charge on any atom is 0.239 e. The highest BCUT2D eigenvalue weighted by Gasteiger charge is 2.38. The van der Waals surface area contributed by atoms with Gasteiger partial charge in [-0.1, -0.05) is 52.3 Å². The number of amides is 2. The maximum atomic E-state index is 12.8. The van der Waals surface area contributed by atoms with E-state index >= 15 is 0 Å². The van der Waals surface area contributed by atoms with E-state index in [2.05, 4.69) is 21.2 Å². The number of nitrogens with one attached hydrogen (secondary N) is 1. The van der Waals surface area contributed by atoms with E-state index < -0.39 is 5.92 Å². The molecule has 5 heteroatoms. The molecule has 4 nitrogen and oxygen atoms in total. The Morgan fingerprint density at radius 2 is 1.96 bits per heavy atom. The number of anilines is 1. The average Bonchev–Trinajstić information content (AvgIpc) is 2.99. The fourth-order valence-electron chi connectivity index (χ4n) is 3.17. The van der Waals surface area contributed by atoms with Gasteiger partial charge in [-0.05, 0) is 43.5 Å². The number of hydrogen-bond donors (Lipinski definition) is 1. The van der Waals surface area contributed by atoms with Crippen molar-refractivity contribution in [2.24, 2.45) is 5.92 Å². The Bertz CT molecular complexity index is 792. The SMILES string of the molecule is Cc1ccc(Br)cc1N1CC[C@@H](C(=O)N[C@H](C)c2ccccc2)C1=O. The minimum Gasteiger partial charge on any atom is -0.349 e. The topological polar surface area (TPSA) is 49.4 Å². The summed E-state index contributed by atoms with van der Waals surface area (Å²) < 4.78 is 0.923. The van der Waals surface area contributed by atoms with Gasteiger partial charge < -0.3 is 10.2 Å². The Balaban J connectivity index is 1.71. The monoisotopic (exact) mass is 400 g/mol. The first-order valence-corrected chi connectivity index (χ1v) is 9.19. The fraction of sp³-hybridized carbons (Fsp3) is 0.300. The van der Waals surface area contributed by atoms with E-state index in [9.17, 15) is 9.59 Å². The van der Waals surface area contributed by atoms with Crippen LogP contribution in [0.4, 0.5) is 5.69 Å². The molecule has 0 aromatic heterocycles. The maximum absolute atomic E-state index is 12.8. The molecule has 0 radical (unpaired) electrons. The first-order valence-electron chi connectivity index (χ1n) is 8.40. The number of carbonyl (C=O) groups is 2. The molecule has 2 aromatic carbocycles. The van der Waals surface area contributed by atoms with Gasteiger partial charge in [0, 0.05) is 16.7 Å². The van der Waals surface area contributed by atoms with Gasteiger partial charge in [-0.3, -0.25) is 9.59 Å². The normalized spacial score (nSPS) is 18.3. The van der Waals surface area contributed by atoms with E-state index in [0.717, 1.165) is 21.3 Å². The zero-order valence-electron chi connectivity index (χ0n) is 14.3. The van der Waals surface area contributed by atoms with E-state index in [1.165, 1.54) is 0 Å². The van der Waals surface area contributed by atoms with Crippen molar-refractivity contribution in [1.82, 2.24) is 5.32 Å². The summed E-state index contributed by atoms with van der Waals surface area (Å²) in [6.07, 6.45) is 0.540. The van der Waals surface area contributed by atoms with Gasteiger partial charge in [0.2, 0.25) is 11.8 Å². The molecule has 0 spiro atoms. The number of aryl methyl sites for hydroxylation is 1. The molecular weight excluding hydrogens is 380 g/mol. The number of nitrogens with zero attached hydrogens (tertiary/aromatic N) is 1. The zero-order chi connectivity index (χ0) is 18.0. The third-order valence-electron chi connectivity index (χ3n) is 4.64. The molecule has 25 heavy (non-hydrogen) atoms. The zero-order valence-corrected chi connectivity index (χ0v) is 15.9. The Kier molecular flexibility index (Phi) is 5.23. The minimum absolute atomic E-state index is 0.122. The Labute approximate surface area is 156 Å². The predicted molar refractivity (Wildman–Crippen MR) is 102 cm³/mol. The Morgan fingerprint density at radius 3 is 2.68 bits per heavy atom. The minimum atomic E-state index is -0.621. The molecule has 1 N–H and O–H groups in total. The summed E-state index contributed by atoms with van der Waals surface area (Å²) >= 11 is 3.45. The molecule has 1 heterocycles. The summed E-state index contributed by atoms with van der Waals surface area (Å²) in [5.74, 6) is -0.944. The molecule has 2 aromatic rings. The Morgan fingerprint density at radius 1 is 1.24 bits per heavy atom. The van der Waals surface area contributed by atoms with E-state index in [-0.39, 0.29) is 17.9 Å². The lowest BCUT2D eigenvalue weighted by Crippen LogP contribution is -2.38. The summed E-state index contributed by atoms with van der Waals surface area (Å²) in [6, 6.07) is 15.5. The largest absolute Gasteiger partial charge is 0.349 e. The van der Waals surface area contributed by atoms with E-state index in [1.807, 2.05) is 62.4 Å². The van der Waals surface area contributed by atoms with Crippen LogP contribution in [-0.2, 0) is 9.59 Å². The molecule has 0 saturated carbocycles. The Hall–Kier alpha value is -2.14. The van der Waals surface area contributed by atoms with Gasteiger partial charge in [-0.25, -0.2) is 0 Å². The summed E-state index contributed by atoms with van der Waals surface area (Å²) in [6.45, 7) is 4.47. The number of rotatable bonds is 4. The smallest absolute Gasteiger partial charge is 0.239 e. The van der Waals surface area contributed by atoms with Crippen LogP contribution in [0, 0.1) is 12.8 Å². The summed E-state index contributed by atoms with van der Waals surface area (Å²) in [5.41, 5.74) is 2.92. The lowest BCUT2D eigenvalue weighted by molar-refractivity contribution is -0.132. The second-order valence-corrected chi connectivity index (χ2v) is 7.32. The highest BCUT2D eigenvalue weighted by atomic mass is 79.9. The molecule has 2 atom stereocenters. The summed E-state index contributed by atoms with van der Waals surface area (Å²) in [4.78, 5) is 27.1. The fourth-order valence-corrected chi connectivity index (χ4v) is 3.52. The molecule has 1 aliphatic rings. The molecule has 3 rings (SSSR count). The van der Waals surface area contributed by atoms with Crippen LogP contribution in [0.2, 0.25) is 0 Å². The van der Waals surface area contributed by atoms with Crippen LogP contribution in [0.15, 0.2) is 53.0 Å². The molecule has 130 valence electrons. The molecule has 0 bridgehead atoms. The van der Waals surface area contributed by atoms with E-state index in [1.54, 1.807) is 4.90 Å². The first-order chi connectivity index (χ1) is 12.0. The highest BCUT2D eigenvalue weighted by Crippen LogP contribution is 2.30. The molecule has 2 amide bonds. The molecule has 1 aliphatic heterocycles. The van der Waals surface area contributed by atoms with Crippen LogP contribution in [0.3, 0.4) is 0 Å². The highest BCUT2D eigenvalue weighted by molar-refractivity contribution is 9.10. The number of halogens is 1. The van der Waals surface area contributed by atoms with Gasteiger partial charge in [0.1, 0.15) is 5.92 Å². The predicted octanol–water partition coefficient (Wildman–Crippen LogP) is 3.99. The van der Waals surface area contributed by atoms with Crippen LogP contribution in [0.1, 0.15) is 30.5 Å². The van der Waals surface area contributed by atoms with Crippen LogP contribution in [-0.4, -0.2) is 18.4 Å². The number of benzene rings is 2. The van der Waals surface area contributed by atoms with Crippen molar-refractivity contribution in [1.29, 1.82) is 0 Å². The summed E-state index contributed by atoms with van der Waals surface area (Å²) in [7, 11) is 0. The van der Waals surface area contributed by atoms with Gasteiger partial charge in [0.25, 0.3) is 0 Å². The molecular formula is C20H21BrN2O2. The van der Waals surface area contributed by atoms with Crippen molar-refractivity contribution in [2.45, 2.75) is 26.3 Å². The van der Waals surface area contributed by atoms with E-state index in [4.69, 9.17) is 0 Å². The quantitative estimate of drug-likeness (QED) is 0.788. The van der Waals surface area contributed by atoms with Crippen molar-refractivity contribution in [3.8, 4) is 0 Å². The van der Waals surface area contributed by atoms with Gasteiger partial charge in [0.15, 0.2) is 0 Å². The standard InChI is InChI=1S/C20H21BrN2O2/c1-13-8-9-16(21)12-18(13)23-11-10-17(20(23)25)19(24)22-14(2)15-6-4-3-5-7-15/h3-9,12,14,17H,10-11H2,1-2H3,(H,22,24)/t14-,17+/m1/s1. The van der Waals surface area contributed by atoms with Gasteiger partial charge in [0.05, 0.1) is 6.04 Å². The second-order valence-electron chi connectivity index (χ2n) is 6.40. The van der Waals surface area contributed by atoms with Gasteiger partial charge >= 0.3 is 0 Å². The second kappa shape index (κ2) is 7.40. The summed E-state index contributed by atoms with van der Waals surface area (Å²) in [5, 5.41) is 2.97. The molecule has 0 unspecified atom stereocenters. The average molecular weight is 401 g/mol. The van der Waals surface area contributed by atoms with Crippen LogP contribution in [0.25, 0.3) is 0 Å². The van der Waals surface area contributed by atoms with Crippen LogP contribution >= 0.6 is 15.9 Å². The number of hydrogen-bond acceptors (Lipinski definition) is 2. The lowest BCUT2D eigenvalue weighted by atomic mass is 10.0. The van der Waals surface area contributed by atoms with Crippen molar-refractivity contribution in [3.63, 3.8) is 0 Å². The molecule has 0 aliphatic carbocycles. The van der Waals surface area contributed by atoms with Gasteiger partial charge in [-0.15, -0.1) is 0 Å². The molecule has 1 saturated heterocycles. The van der Waals surface area contributed by atoms with Gasteiger partial charge in [-0.2, -0.15) is 0 Å². The third kappa shape index (κ3) is 3.76. The van der Waals surface area contributed by atoms with Crippen molar-refractivity contribution in [3.05, 3.63) is 64.1 Å². The third-order valence-corrected chi connectivity index (χ3v) is 5.14. The van der Waals surface area contributed by atoms with Crippen LogP contribution in [0.5, 0.6) is 0 Å². The molecule has 1 fully saturated rings. The first kappa shape index (κ1) is 17.7. The van der Waals surface area contributed by atoms with Crippen molar-refractivity contribution in [2.75, 3.05) is 11.4 Å². The van der Waals surface area contributed by atoms with E-state index in [0.29, 0.717) is 13.0 Å². The number of carbonyl (C=O) groups excluding carboxylic acids is 2. The lowest BCUT2D eigenvalue weighted by Gasteiger charge is -2.20. The van der Waals surface area contributed by atoms with Crippen LogP contribution < -0.4 is 10.2 Å². The van der Waals surface area contributed by atoms with Crippen molar-refractivity contribution >= 4 is 33.4 Å².